The highest BCUT2D eigenvalue weighted by Crippen LogP contribution is 2.35. The average molecular weight is 505 g/mol. The summed E-state index contributed by atoms with van der Waals surface area (Å²) in [5.74, 6) is -0.0155. The lowest BCUT2D eigenvalue weighted by molar-refractivity contribution is 0.102. The molecule has 1 aromatic carbocycles. The molecule has 0 saturated carbocycles. The maximum Gasteiger partial charge on any atom is 0.263 e. The number of amides is 1. The molecule has 1 amide bonds. The number of ether oxygens (including phenoxy) is 1. The monoisotopic (exact) mass is 504 g/mol. The molecule has 11 heteroatoms. The van der Waals surface area contributed by atoms with Gasteiger partial charge in [0.1, 0.15) is 17.4 Å². The van der Waals surface area contributed by atoms with E-state index in [-0.39, 0.29) is 11.7 Å². The van der Waals surface area contributed by atoms with Gasteiger partial charge in [-0.2, -0.15) is 0 Å². The average Bonchev–Trinajstić information content (AvgIpc) is 2.86. The molecule has 6 N–H and O–H groups in total. The number of hydrogen-bond donors (Lipinski definition) is 5. The summed E-state index contributed by atoms with van der Waals surface area (Å²) in [5.41, 5.74) is 10.5. The number of aromatic amines is 1. The Morgan fingerprint density at radius 3 is 2.73 bits per heavy atom. The topological polar surface area (TPSA) is 141 Å². The van der Waals surface area contributed by atoms with Crippen molar-refractivity contribution in [1.82, 2.24) is 14.9 Å². The molecule has 2 aliphatic rings. The van der Waals surface area contributed by atoms with Gasteiger partial charge >= 0.3 is 0 Å². The van der Waals surface area contributed by atoms with Crippen molar-refractivity contribution in [3.05, 3.63) is 58.1 Å². The summed E-state index contributed by atoms with van der Waals surface area (Å²) in [5, 5.41) is 9.35. The van der Waals surface area contributed by atoms with Crippen molar-refractivity contribution in [3.63, 3.8) is 0 Å². The molecule has 1 unspecified atom stereocenters. The summed E-state index contributed by atoms with van der Waals surface area (Å²) in [4.78, 5) is 37.5. The standard InChI is InChI=1S/C26H32N8O3/c1-15-13-29-23-16(2)20(14-30-26(23)37-15)32-19-6-7-28-24(35)22(19)25(36)31-17-4-5-21(18(27)12-17)34-10-8-33(3)9-11-34/h4-7,12,14-15,29H,8-11,13,27H2,1-3H3,(H,31,36)(H2,28,32,35). The van der Waals surface area contributed by atoms with Gasteiger partial charge in [0.25, 0.3) is 11.5 Å². The van der Waals surface area contributed by atoms with Crippen LogP contribution in [0.25, 0.3) is 0 Å². The van der Waals surface area contributed by atoms with E-state index in [4.69, 9.17) is 10.5 Å². The zero-order valence-corrected chi connectivity index (χ0v) is 21.2. The number of piperazine rings is 1. The van der Waals surface area contributed by atoms with Crippen LogP contribution in [0.1, 0.15) is 22.8 Å². The van der Waals surface area contributed by atoms with Gasteiger partial charge in [-0.05, 0) is 45.2 Å². The van der Waals surface area contributed by atoms with Gasteiger partial charge in [-0.15, -0.1) is 0 Å². The molecule has 2 aliphatic heterocycles. The second-order valence-corrected chi connectivity index (χ2v) is 9.52. The number of fused-ring (bicyclic) bond motifs is 1. The Morgan fingerprint density at radius 2 is 1.97 bits per heavy atom. The third kappa shape index (κ3) is 5.03. The van der Waals surface area contributed by atoms with E-state index in [0.717, 1.165) is 43.1 Å². The van der Waals surface area contributed by atoms with Gasteiger partial charge in [-0.3, -0.25) is 9.59 Å². The third-order valence-electron chi connectivity index (χ3n) is 6.77. The summed E-state index contributed by atoms with van der Waals surface area (Å²) < 4.78 is 5.79. The molecule has 5 rings (SSSR count). The number of rotatable bonds is 5. The van der Waals surface area contributed by atoms with Crippen molar-refractivity contribution in [1.29, 1.82) is 0 Å². The van der Waals surface area contributed by atoms with E-state index in [9.17, 15) is 9.59 Å². The first-order valence-corrected chi connectivity index (χ1v) is 12.3. The SMILES string of the molecule is Cc1c(Nc2cc[nH]c(=O)c2C(=O)Nc2ccc(N3CCN(C)CC3)c(N)c2)cnc2c1NCC(C)O2. The maximum atomic E-state index is 13.3. The molecule has 194 valence electrons. The highest BCUT2D eigenvalue weighted by atomic mass is 16.5. The van der Waals surface area contributed by atoms with E-state index >= 15 is 0 Å². The number of pyridine rings is 2. The zero-order chi connectivity index (χ0) is 26.1. The number of nitrogen functional groups attached to an aromatic ring is 1. The van der Waals surface area contributed by atoms with Gasteiger partial charge in [0.15, 0.2) is 0 Å². The van der Waals surface area contributed by atoms with E-state index in [2.05, 4.69) is 42.8 Å². The van der Waals surface area contributed by atoms with E-state index in [1.165, 1.54) is 6.20 Å². The number of carbonyl (C=O) groups excluding carboxylic acids is 1. The molecule has 0 spiro atoms. The van der Waals surface area contributed by atoms with Gasteiger partial charge in [0, 0.05) is 43.6 Å². The second-order valence-electron chi connectivity index (χ2n) is 9.52. The van der Waals surface area contributed by atoms with E-state index < -0.39 is 11.5 Å². The van der Waals surface area contributed by atoms with Crippen molar-refractivity contribution >= 4 is 40.0 Å². The van der Waals surface area contributed by atoms with Crippen LogP contribution in [0.15, 0.2) is 41.5 Å². The molecule has 4 heterocycles. The largest absolute Gasteiger partial charge is 0.471 e. The number of nitrogens with one attached hydrogen (secondary N) is 4. The molecule has 11 nitrogen and oxygen atoms in total. The zero-order valence-electron chi connectivity index (χ0n) is 21.2. The first-order valence-electron chi connectivity index (χ1n) is 12.3. The van der Waals surface area contributed by atoms with Gasteiger partial charge in [0.2, 0.25) is 5.88 Å². The molecule has 1 atom stereocenters. The number of carbonyl (C=O) groups is 1. The highest BCUT2D eigenvalue weighted by Gasteiger charge is 2.23. The van der Waals surface area contributed by atoms with Gasteiger partial charge < -0.3 is 41.2 Å². The fraction of sp³-hybridized carbons (Fsp3) is 0.346. The summed E-state index contributed by atoms with van der Waals surface area (Å²) in [6.45, 7) is 8.25. The first kappa shape index (κ1) is 24.4. The lowest BCUT2D eigenvalue weighted by atomic mass is 10.1. The van der Waals surface area contributed by atoms with E-state index in [1.807, 2.05) is 19.9 Å². The Hall–Kier alpha value is -4.25. The Bertz CT molecular complexity index is 1380. The second kappa shape index (κ2) is 10.0. The molecule has 0 radical (unpaired) electrons. The smallest absolute Gasteiger partial charge is 0.263 e. The van der Waals surface area contributed by atoms with Crippen LogP contribution < -0.4 is 36.9 Å². The van der Waals surface area contributed by atoms with Crippen LogP contribution in [0.4, 0.5) is 34.1 Å². The highest BCUT2D eigenvalue weighted by molar-refractivity contribution is 6.08. The fourth-order valence-electron chi connectivity index (χ4n) is 4.60. The van der Waals surface area contributed by atoms with Crippen LogP contribution in [-0.4, -0.2) is 66.7 Å². The van der Waals surface area contributed by atoms with Crippen molar-refractivity contribution in [2.45, 2.75) is 20.0 Å². The summed E-state index contributed by atoms with van der Waals surface area (Å²) in [6, 6.07) is 7.07. The number of hydrogen-bond acceptors (Lipinski definition) is 9. The molecular formula is C26H32N8O3. The van der Waals surface area contributed by atoms with Crippen LogP contribution in [0.5, 0.6) is 5.88 Å². The van der Waals surface area contributed by atoms with Crippen molar-refractivity contribution < 1.29 is 9.53 Å². The van der Waals surface area contributed by atoms with Gasteiger partial charge in [-0.25, -0.2) is 4.98 Å². The van der Waals surface area contributed by atoms with Crippen LogP contribution in [0.3, 0.4) is 0 Å². The van der Waals surface area contributed by atoms with Crippen LogP contribution in [0, 0.1) is 6.92 Å². The third-order valence-corrected chi connectivity index (χ3v) is 6.77. The molecular weight excluding hydrogens is 472 g/mol. The Labute approximate surface area is 215 Å². The number of nitrogens with two attached hydrogens (primary N) is 1. The Balaban J connectivity index is 1.37. The molecule has 2 aromatic heterocycles. The summed E-state index contributed by atoms with van der Waals surface area (Å²) >= 11 is 0. The van der Waals surface area contributed by atoms with E-state index in [1.54, 1.807) is 24.4 Å². The van der Waals surface area contributed by atoms with Crippen molar-refractivity contribution in [2.24, 2.45) is 0 Å². The number of H-pyrrole nitrogens is 1. The lowest BCUT2D eigenvalue weighted by Crippen LogP contribution is -2.44. The minimum atomic E-state index is -0.546. The van der Waals surface area contributed by atoms with Gasteiger partial charge in [0.05, 0.1) is 35.5 Å². The quantitative estimate of drug-likeness (QED) is 0.332. The van der Waals surface area contributed by atoms with Crippen LogP contribution in [-0.2, 0) is 0 Å². The molecule has 0 bridgehead atoms. The number of nitrogens with zero attached hydrogens (tertiary/aromatic N) is 3. The Morgan fingerprint density at radius 1 is 1.19 bits per heavy atom. The number of aromatic nitrogens is 2. The summed E-state index contributed by atoms with van der Waals surface area (Å²) in [7, 11) is 2.10. The fourth-order valence-corrected chi connectivity index (χ4v) is 4.60. The van der Waals surface area contributed by atoms with E-state index in [0.29, 0.717) is 35.2 Å². The van der Waals surface area contributed by atoms with Crippen molar-refractivity contribution in [2.75, 3.05) is 66.4 Å². The van der Waals surface area contributed by atoms with Crippen LogP contribution in [0.2, 0.25) is 0 Å². The first-order chi connectivity index (χ1) is 17.8. The number of benzene rings is 1. The normalized spacial score (nSPS) is 17.4. The molecule has 0 aliphatic carbocycles. The predicted octanol–water partition coefficient (Wildman–Crippen LogP) is 2.60. The van der Waals surface area contributed by atoms with Crippen molar-refractivity contribution in [3.8, 4) is 5.88 Å². The Kier molecular flexibility index (Phi) is 6.62. The molecule has 1 fully saturated rings. The number of likely N-dealkylation sites (N-methyl/N-ethyl adjacent to an activating group) is 1. The predicted molar refractivity (Wildman–Crippen MR) is 146 cm³/mol. The minimum Gasteiger partial charge on any atom is -0.471 e. The number of anilines is 6. The molecule has 1 saturated heterocycles. The minimum absolute atomic E-state index is 0.0193. The summed E-state index contributed by atoms with van der Waals surface area (Å²) in [6.07, 6.45) is 3.15. The maximum absolute atomic E-state index is 13.3. The molecule has 37 heavy (non-hydrogen) atoms. The van der Waals surface area contributed by atoms with Crippen LogP contribution >= 0.6 is 0 Å². The molecule has 3 aromatic rings. The van der Waals surface area contributed by atoms with Gasteiger partial charge in [-0.1, -0.05) is 0 Å². The lowest BCUT2D eigenvalue weighted by Gasteiger charge is -2.34.